The van der Waals surface area contributed by atoms with Gasteiger partial charge >= 0.3 is 0 Å². The summed E-state index contributed by atoms with van der Waals surface area (Å²) in [6.45, 7) is 7.32. The Bertz CT molecular complexity index is 842. The van der Waals surface area contributed by atoms with Crippen LogP contribution in [-0.4, -0.2) is 31.3 Å². The lowest BCUT2D eigenvalue weighted by atomic mass is 9.95. The molecule has 1 aliphatic heterocycles. The fourth-order valence-electron chi connectivity index (χ4n) is 3.42. The topological polar surface area (TPSA) is 76.0 Å². The SMILES string of the molecule is CCn1nc(C)c(S(=O)(=O)NCC2NCCc3ccccc32)c1C. The zero-order chi connectivity index (χ0) is 17.3. The van der Waals surface area contributed by atoms with Crippen LogP contribution in [0.25, 0.3) is 0 Å². The van der Waals surface area contributed by atoms with E-state index in [1.807, 2.05) is 19.1 Å². The largest absolute Gasteiger partial charge is 0.308 e. The van der Waals surface area contributed by atoms with Crippen molar-refractivity contribution in [3.05, 3.63) is 46.8 Å². The minimum Gasteiger partial charge on any atom is -0.308 e. The number of sulfonamides is 1. The molecule has 1 atom stereocenters. The first-order valence-corrected chi connectivity index (χ1v) is 9.77. The van der Waals surface area contributed by atoms with Gasteiger partial charge in [0.05, 0.1) is 11.4 Å². The van der Waals surface area contributed by atoms with E-state index in [2.05, 4.69) is 27.3 Å². The number of nitrogens with one attached hydrogen (secondary N) is 2. The predicted octanol–water partition coefficient (Wildman–Crippen LogP) is 1.69. The fourth-order valence-corrected chi connectivity index (χ4v) is 4.87. The molecule has 2 aromatic rings. The highest BCUT2D eigenvalue weighted by Gasteiger charge is 2.26. The van der Waals surface area contributed by atoms with Gasteiger partial charge in [0, 0.05) is 19.1 Å². The summed E-state index contributed by atoms with van der Waals surface area (Å²) >= 11 is 0. The second-order valence-electron chi connectivity index (χ2n) is 6.12. The summed E-state index contributed by atoms with van der Waals surface area (Å²) in [7, 11) is -3.59. The van der Waals surface area contributed by atoms with Crippen LogP contribution in [0.5, 0.6) is 0 Å². The zero-order valence-electron chi connectivity index (χ0n) is 14.3. The van der Waals surface area contributed by atoms with Gasteiger partial charge in [-0.2, -0.15) is 5.10 Å². The van der Waals surface area contributed by atoms with Gasteiger partial charge in [0.15, 0.2) is 0 Å². The third kappa shape index (κ3) is 3.11. The highest BCUT2D eigenvalue weighted by atomic mass is 32.2. The molecule has 1 aliphatic rings. The average molecular weight is 348 g/mol. The minimum absolute atomic E-state index is 0.00782. The lowest BCUT2D eigenvalue weighted by Crippen LogP contribution is -2.39. The molecular formula is C17H24N4O2S. The summed E-state index contributed by atoms with van der Waals surface area (Å²) in [5.41, 5.74) is 3.68. The highest BCUT2D eigenvalue weighted by molar-refractivity contribution is 7.89. The predicted molar refractivity (Wildman–Crippen MR) is 93.5 cm³/mol. The number of aromatic nitrogens is 2. The molecule has 1 unspecified atom stereocenters. The Hall–Kier alpha value is -1.70. The lowest BCUT2D eigenvalue weighted by Gasteiger charge is -2.27. The van der Waals surface area contributed by atoms with E-state index in [0.717, 1.165) is 13.0 Å². The molecule has 1 aromatic carbocycles. The van der Waals surface area contributed by atoms with Gasteiger partial charge in [-0.15, -0.1) is 0 Å². The van der Waals surface area contributed by atoms with Gasteiger partial charge in [-0.3, -0.25) is 4.68 Å². The molecule has 3 rings (SSSR count). The molecular weight excluding hydrogens is 324 g/mol. The molecule has 0 fully saturated rings. The standard InChI is InChI=1S/C17H24N4O2S/c1-4-21-13(3)17(12(2)20-21)24(22,23)19-11-16-15-8-6-5-7-14(15)9-10-18-16/h5-8,16,18-19H,4,9-11H2,1-3H3. The summed E-state index contributed by atoms with van der Waals surface area (Å²) < 4.78 is 30.0. The van der Waals surface area contributed by atoms with E-state index in [1.54, 1.807) is 18.5 Å². The van der Waals surface area contributed by atoms with E-state index in [0.29, 0.717) is 29.4 Å². The first kappa shape index (κ1) is 17.1. The van der Waals surface area contributed by atoms with Crippen LogP contribution in [-0.2, 0) is 23.0 Å². The van der Waals surface area contributed by atoms with Crippen LogP contribution in [0.3, 0.4) is 0 Å². The van der Waals surface area contributed by atoms with Crippen LogP contribution in [0.4, 0.5) is 0 Å². The maximum absolute atomic E-state index is 12.8. The van der Waals surface area contributed by atoms with Crippen LogP contribution < -0.4 is 10.0 Å². The highest BCUT2D eigenvalue weighted by Crippen LogP contribution is 2.23. The van der Waals surface area contributed by atoms with Crippen molar-refractivity contribution in [2.45, 2.75) is 44.7 Å². The second-order valence-corrected chi connectivity index (χ2v) is 7.83. The Morgan fingerprint density at radius 3 is 2.79 bits per heavy atom. The molecule has 0 spiro atoms. The Morgan fingerprint density at radius 2 is 2.08 bits per heavy atom. The van der Waals surface area contributed by atoms with Crippen LogP contribution in [0.15, 0.2) is 29.2 Å². The Kier molecular flexibility index (Phi) is 4.76. The fraction of sp³-hybridized carbons (Fsp3) is 0.471. The average Bonchev–Trinajstić information content (AvgIpc) is 2.87. The molecule has 7 heteroatoms. The van der Waals surface area contributed by atoms with Gasteiger partial charge in [0.2, 0.25) is 10.0 Å². The molecule has 130 valence electrons. The van der Waals surface area contributed by atoms with Crippen molar-refractivity contribution >= 4 is 10.0 Å². The van der Waals surface area contributed by atoms with Gasteiger partial charge in [-0.05, 0) is 44.9 Å². The molecule has 2 heterocycles. The summed E-state index contributed by atoms with van der Waals surface area (Å²) in [5.74, 6) is 0. The monoisotopic (exact) mass is 348 g/mol. The molecule has 0 radical (unpaired) electrons. The zero-order valence-corrected chi connectivity index (χ0v) is 15.2. The van der Waals surface area contributed by atoms with E-state index < -0.39 is 10.0 Å². The van der Waals surface area contributed by atoms with E-state index >= 15 is 0 Å². The third-order valence-electron chi connectivity index (χ3n) is 4.58. The molecule has 0 amide bonds. The molecule has 6 nitrogen and oxygen atoms in total. The number of hydrogen-bond donors (Lipinski definition) is 2. The first-order valence-electron chi connectivity index (χ1n) is 8.29. The second kappa shape index (κ2) is 6.66. The minimum atomic E-state index is -3.59. The molecule has 0 bridgehead atoms. The van der Waals surface area contributed by atoms with E-state index in [4.69, 9.17) is 0 Å². The molecule has 0 aliphatic carbocycles. The van der Waals surface area contributed by atoms with Gasteiger partial charge in [-0.1, -0.05) is 24.3 Å². The van der Waals surface area contributed by atoms with Crippen molar-refractivity contribution in [1.29, 1.82) is 0 Å². The summed E-state index contributed by atoms with van der Waals surface area (Å²) in [4.78, 5) is 0.299. The number of rotatable bonds is 5. The number of fused-ring (bicyclic) bond motifs is 1. The van der Waals surface area contributed by atoms with E-state index in [-0.39, 0.29) is 6.04 Å². The summed E-state index contributed by atoms with van der Waals surface area (Å²) in [6, 6.07) is 8.18. The van der Waals surface area contributed by atoms with Crippen LogP contribution >= 0.6 is 0 Å². The van der Waals surface area contributed by atoms with Gasteiger partial charge in [0.25, 0.3) is 0 Å². The van der Waals surface area contributed by atoms with Crippen molar-refractivity contribution in [3.63, 3.8) is 0 Å². The number of aryl methyl sites for hydroxylation is 2. The Labute approximate surface area is 143 Å². The van der Waals surface area contributed by atoms with Crippen LogP contribution in [0, 0.1) is 13.8 Å². The molecule has 24 heavy (non-hydrogen) atoms. The quantitative estimate of drug-likeness (QED) is 0.862. The first-order chi connectivity index (χ1) is 11.4. The number of nitrogens with zero attached hydrogens (tertiary/aromatic N) is 2. The number of benzene rings is 1. The van der Waals surface area contributed by atoms with Crippen molar-refractivity contribution < 1.29 is 8.42 Å². The maximum atomic E-state index is 12.8. The summed E-state index contributed by atoms with van der Waals surface area (Å²) in [5, 5.41) is 7.70. The van der Waals surface area contributed by atoms with Crippen molar-refractivity contribution in [3.8, 4) is 0 Å². The summed E-state index contributed by atoms with van der Waals surface area (Å²) in [6.07, 6.45) is 0.973. The smallest absolute Gasteiger partial charge is 0.244 e. The van der Waals surface area contributed by atoms with Crippen LogP contribution in [0.2, 0.25) is 0 Å². The van der Waals surface area contributed by atoms with Crippen molar-refractivity contribution in [2.75, 3.05) is 13.1 Å². The van der Waals surface area contributed by atoms with Crippen molar-refractivity contribution in [1.82, 2.24) is 19.8 Å². The molecule has 1 aromatic heterocycles. The molecule has 0 saturated carbocycles. The van der Waals surface area contributed by atoms with E-state index in [9.17, 15) is 8.42 Å². The van der Waals surface area contributed by atoms with E-state index in [1.165, 1.54) is 11.1 Å². The Balaban J connectivity index is 1.81. The normalized spacial score (nSPS) is 17.7. The Morgan fingerprint density at radius 1 is 1.33 bits per heavy atom. The maximum Gasteiger partial charge on any atom is 0.244 e. The third-order valence-corrected chi connectivity index (χ3v) is 6.25. The van der Waals surface area contributed by atoms with Gasteiger partial charge in [0.1, 0.15) is 4.90 Å². The van der Waals surface area contributed by atoms with Gasteiger partial charge < -0.3 is 5.32 Å². The molecule has 2 N–H and O–H groups in total. The van der Waals surface area contributed by atoms with Crippen molar-refractivity contribution in [2.24, 2.45) is 0 Å². The van der Waals surface area contributed by atoms with Gasteiger partial charge in [-0.25, -0.2) is 13.1 Å². The molecule has 0 saturated heterocycles. The lowest BCUT2D eigenvalue weighted by molar-refractivity contribution is 0.491. The number of hydrogen-bond acceptors (Lipinski definition) is 4. The van der Waals surface area contributed by atoms with Crippen LogP contribution in [0.1, 0.15) is 35.5 Å².